The smallest absolute Gasteiger partial charge is 0.271 e. The molecule has 2 heterocycles. The summed E-state index contributed by atoms with van der Waals surface area (Å²) in [6, 6.07) is 1.51. The Hall–Kier alpha value is -1.46. The molecule has 0 bridgehead atoms. The topological polar surface area (TPSA) is 86.4 Å². The van der Waals surface area contributed by atoms with Gasteiger partial charge in [-0.2, -0.15) is 0 Å². The molecule has 2 rings (SSSR count). The lowest BCUT2D eigenvalue weighted by atomic mass is 10.4. The van der Waals surface area contributed by atoms with Crippen molar-refractivity contribution in [3.8, 4) is 0 Å². The second-order valence-electron chi connectivity index (χ2n) is 2.91. The van der Waals surface area contributed by atoms with Crippen molar-refractivity contribution in [1.29, 1.82) is 0 Å². The molecule has 0 atom stereocenters. The molecule has 0 saturated heterocycles. The number of rotatable bonds is 1. The zero-order chi connectivity index (χ0) is 11.2. The SMILES string of the molecule is NC(=O)c1nc2c(Cl)cc(Cl)cn2c1N. The number of pyridine rings is 1. The second-order valence-corrected chi connectivity index (χ2v) is 3.75. The average molecular weight is 245 g/mol. The monoisotopic (exact) mass is 244 g/mol. The summed E-state index contributed by atoms with van der Waals surface area (Å²) in [6.07, 6.45) is 1.51. The van der Waals surface area contributed by atoms with Gasteiger partial charge in [0.2, 0.25) is 0 Å². The number of fused-ring (bicyclic) bond motifs is 1. The Kier molecular flexibility index (Phi) is 2.21. The molecule has 0 aliphatic carbocycles. The van der Waals surface area contributed by atoms with Gasteiger partial charge in [-0.1, -0.05) is 23.2 Å². The summed E-state index contributed by atoms with van der Waals surface area (Å²) < 4.78 is 1.42. The van der Waals surface area contributed by atoms with E-state index < -0.39 is 5.91 Å². The zero-order valence-corrected chi connectivity index (χ0v) is 8.88. The number of nitrogen functional groups attached to an aromatic ring is 1. The number of hydrogen-bond donors (Lipinski definition) is 2. The molecule has 4 N–H and O–H groups in total. The van der Waals surface area contributed by atoms with Crippen molar-refractivity contribution < 1.29 is 4.79 Å². The van der Waals surface area contributed by atoms with E-state index in [1.807, 2.05) is 0 Å². The summed E-state index contributed by atoms with van der Waals surface area (Å²) in [4.78, 5) is 14.9. The molecular formula is C8H6Cl2N4O. The van der Waals surface area contributed by atoms with Crippen LogP contribution in [0.3, 0.4) is 0 Å². The standard InChI is InChI=1S/C8H6Cl2N4O/c9-3-1-4(10)8-13-5(7(12)15)6(11)14(8)2-3/h1-2H,11H2,(H2,12,15). The molecule has 7 heteroatoms. The summed E-state index contributed by atoms with van der Waals surface area (Å²) in [5.74, 6) is -0.578. The third kappa shape index (κ3) is 1.49. The predicted molar refractivity (Wildman–Crippen MR) is 58.1 cm³/mol. The Morgan fingerprint density at radius 3 is 2.73 bits per heavy atom. The van der Waals surface area contributed by atoms with E-state index in [9.17, 15) is 4.79 Å². The summed E-state index contributed by atoms with van der Waals surface area (Å²) >= 11 is 11.7. The van der Waals surface area contributed by atoms with Crippen molar-refractivity contribution in [3.63, 3.8) is 0 Å². The Morgan fingerprint density at radius 1 is 1.47 bits per heavy atom. The van der Waals surface area contributed by atoms with Crippen molar-refractivity contribution in [3.05, 3.63) is 28.0 Å². The first kappa shape index (κ1) is 10.1. The van der Waals surface area contributed by atoms with E-state index >= 15 is 0 Å². The minimum atomic E-state index is -0.705. The second kappa shape index (κ2) is 3.29. The number of nitrogens with two attached hydrogens (primary N) is 2. The Balaban J connectivity index is 2.88. The van der Waals surface area contributed by atoms with E-state index in [1.165, 1.54) is 16.7 Å². The van der Waals surface area contributed by atoms with E-state index in [2.05, 4.69) is 4.98 Å². The summed E-state index contributed by atoms with van der Waals surface area (Å²) in [5.41, 5.74) is 11.1. The number of primary amides is 1. The van der Waals surface area contributed by atoms with Gasteiger partial charge in [-0.05, 0) is 6.07 Å². The maximum absolute atomic E-state index is 11.0. The highest BCUT2D eigenvalue weighted by Crippen LogP contribution is 2.25. The number of imidazole rings is 1. The van der Waals surface area contributed by atoms with Crippen molar-refractivity contribution in [1.82, 2.24) is 9.38 Å². The Labute approximate surface area is 94.6 Å². The van der Waals surface area contributed by atoms with Gasteiger partial charge >= 0.3 is 0 Å². The lowest BCUT2D eigenvalue weighted by Crippen LogP contribution is -2.13. The number of amides is 1. The number of anilines is 1. The van der Waals surface area contributed by atoms with E-state index in [-0.39, 0.29) is 11.5 Å². The van der Waals surface area contributed by atoms with Crippen LogP contribution in [0, 0.1) is 0 Å². The van der Waals surface area contributed by atoms with Gasteiger partial charge < -0.3 is 11.5 Å². The third-order valence-corrected chi connectivity index (χ3v) is 2.40. The molecule has 0 unspecified atom stereocenters. The van der Waals surface area contributed by atoms with Crippen LogP contribution in [-0.2, 0) is 0 Å². The highest BCUT2D eigenvalue weighted by Gasteiger charge is 2.16. The number of carbonyl (C=O) groups excluding carboxylic acids is 1. The largest absolute Gasteiger partial charge is 0.383 e. The molecule has 0 aliphatic rings. The highest BCUT2D eigenvalue weighted by atomic mass is 35.5. The number of hydrogen-bond acceptors (Lipinski definition) is 3. The van der Waals surface area contributed by atoms with Crippen LogP contribution in [0.4, 0.5) is 5.82 Å². The van der Waals surface area contributed by atoms with Crippen LogP contribution >= 0.6 is 23.2 Å². The van der Waals surface area contributed by atoms with Crippen LogP contribution < -0.4 is 11.5 Å². The molecule has 0 aromatic carbocycles. The normalized spacial score (nSPS) is 10.8. The first-order valence-electron chi connectivity index (χ1n) is 3.93. The molecule has 5 nitrogen and oxygen atoms in total. The zero-order valence-electron chi connectivity index (χ0n) is 7.37. The summed E-state index contributed by atoms with van der Waals surface area (Å²) in [7, 11) is 0. The Morgan fingerprint density at radius 2 is 2.13 bits per heavy atom. The van der Waals surface area contributed by atoms with Crippen LogP contribution in [0.2, 0.25) is 10.0 Å². The molecule has 0 aliphatic heterocycles. The fourth-order valence-electron chi connectivity index (χ4n) is 1.27. The molecule has 2 aromatic heterocycles. The van der Waals surface area contributed by atoms with Crippen molar-refractivity contribution in [2.24, 2.45) is 5.73 Å². The van der Waals surface area contributed by atoms with E-state index in [4.69, 9.17) is 34.7 Å². The van der Waals surface area contributed by atoms with Crippen molar-refractivity contribution in [2.75, 3.05) is 5.73 Å². The molecule has 15 heavy (non-hydrogen) atoms. The number of carbonyl (C=O) groups is 1. The van der Waals surface area contributed by atoms with E-state index in [0.29, 0.717) is 15.7 Å². The fourth-order valence-corrected chi connectivity index (χ4v) is 1.79. The lowest BCUT2D eigenvalue weighted by Gasteiger charge is -1.98. The first-order chi connectivity index (χ1) is 7.00. The van der Waals surface area contributed by atoms with Gasteiger partial charge in [0.05, 0.1) is 10.0 Å². The van der Waals surface area contributed by atoms with Gasteiger partial charge in [-0.25, -0.2) is 4.98 Å². The van der Waals surface area contributed by atoms with Gasteiger partial charge in [-0.3, -0.25) is 9.20 Å². The van der Waals surface area contributed by atoms with Crippen LogP contribution in [0.25, 0.3) is 5.65 Å². The van der Waals surface area contributed by atoms with Crippen LogP contribution in [0.1, 0.15) is 10.5 Å². The van der Waals surface area contributed by atoms with Crippen LogP contribution in [0.5, 0.6) is 0 Å². The molecule has 2 aromatic rings. The molecule has 0 fully saturated rings. The molecule has 78 valence electrons. The molecule has 0 saturated carbocycles. The van der Waals surface area contributed by atoms with Gasteiger partial charge in [-0.15, -0.1) is 0 Å². The van der Waals surface area contributed by atoms with Crippen molar-refractivity contribution in [2.45, 2.75) is 0 Å². The third-order valence-electron chi connectivity index (χ3n) is 1.91. The lowest BCUT2D eigenvalue weighted by molar-refractivity contribution is 0.0997. The maximum Gasteiger partial charge on any atom is 0.271 e. The van der Waals surface area contributed by atoms with Gasteiger partial charge in [0.25, 0.3) is 5.91 Å². The first-order valence-corrected chi connectivity index (χ1v) is 4.68. The van der Waals surface area contributed by atoms with E-state index in [0.717, 1.165) is 0 Å². The van der Waals surface area contributed by atoms with Gasteiger partial charge in [0.1, 0.15) is 5.82 Å². The van der Waals surface area contributed by atoms with Crippen LogP contribution in [-0.4, -0.2) is 15.3 Å². The van der Waals surface area contributed by atoms with E-state index in [1.54, 1.807) is 0 Å². The summed E-state index contributed by atoms with van der Waals surface area (Å²) in [6.45, 7) is 0. The number of aromatic nitrogens is 2. The molecule has 1 amide bonds. The maximum atomic E-state index is 11.0. The van der Waals surface area contributed by atoms with Gasteiger partial charge in [0, 0.05) is 6.20 Å². The molecular weight excluding hydrogens is 239 g/mol. The van der Waals surface area contributed by atoms with Crippen molar-refractivity contribution >= 4 is 40.6 Å². The minimum absolute atomic E-state index is 0.0147. The average Bonchev–Trinajstić information content (AvgIpc) is 2.44. The summed E-state index contributed by atoms with van der Waals surface area (Å²) in [5, 5.41) is 0.703. The highest BCUT2D eigenvalue weighted by molar-refractivity contribution is 6.36. The number of halogens is 2. The minimum Gasteiger partial charge on any atom is -0.383 e. The van der Waals surface area contributed by atoms with Gasteiger partial charge in [0.15, 0.2) is 11.3 Å². The predicted octanol–water partition coefficient (Wildman–Crippen LogP) is 1.32. The quantitative estimate of drug-likeness (QED) is 0.794. The Bertz CT molecular complexity index is 563. The molecule has 0 spiro atoms. The fraction of sp³-hybridized carbons (Fsp3) is 0. The molecule has 0 radical (unpaired) electrons. The van der Waals surface area contributed by atoms with Crippen LogP contribution in [0.15, 0.2) is 12.3 Å². The number of nitrogens with zero attached hydrogens (tertiary/aromatic N) is 2.